The summed E-state index contributed by atoms with van der Waals surface area (Å²) in [6.45, 7) is 3.37. The average molecular weight is 313 g/mol. The van der Waals surface area contributed by atoms with Gasteiger partial charge in [-0.25, -0.2) is 0 Å². The van der Waals surface area contributed by atoms with Gasteiger partial charge in [-0.1, -0.05) is 19.8 Å². The molecule has 3 N–H and O–H groups in total. The van der Waals surface area contributed by atoms with Crippen LogP contribution in [-0.2, 0) is 4.74 Å². The summed E-state index contributed by atoms with van der Waals surface area (Å²) in [6.07, 6.45) is 5.33. The van der Waals surface area contributed by atoms with E-state index in [9.17, 15) is 4.79 Å². The molecule has 21 heavy (non-hydrogen) atoms. The summed E-state index contributed by atoms with van der Waals surface area (Å²) in [7, 11) is 0. The lowest BCUT2D eigenvalue weighted by Gasteiger charge is -2.28. The Labute approximate surface area is 132 Å². The third-order valence-electron chi connectivity index (χ3n) is 3.93. The van der Waals surface area contributed by atoms with Gasteiger partial charge in [0.25, 0.3) is 5.91 Å². The van der Waals surface area contributed by atoms with Crippen molar-refractivity contribution >= 4 is 24.0 Å². The number of anilines is 1. The van der Waals surface area contributed by atoms with Crippen molar-refractivity contribution in [3.63, 3.8) is 0 Å². The molecule has 1 aromatic carbocycles. The highest BCUT2D eigenvalue weighted by atomic mass is 35.5. The highest BCUT2D eigenvalue weighted by Crippen LogP contribution is 2.25. The van der Waals surface area contributed by atoms with Crippen LogP contribution in [0.25, 0.3) is 0 Å². The summed E-state index contributed by atoms with van der Waals surface area (Å²) in [6, 6.07) is 6.92. The molecular weight excluding hydrogens is 288 g/mol. The van der Waals surface area contributed by atoms with E-state index in [-0.39, 0.29) is 18.3 Å². The van der Waals surface area contributed by atoms with Gasteiger partial charge >= 0.3 is 0 Å². The van der Waals surface area contributed by atoms with Gasteiger partial charge < -0.3 is 15.8 Å². The lowest BCUT2D eigenvalue weighted by atomic mass is 9.88. The smallest absolute Gasteiger partial charge is 0.251 e. The lowest BCUT2D eigenvalue weighted by molar-refractivity contribution is -0.00293. The van der Waals surface area contributed by atoms with Crippen LogP contribution in [-0.4, -0.2) is 25.2 Å². The summed E-state index contributed by atoms with van der Waals surface area (Å²) < 4.78 is 5.87. The maximum absolute atomic E-state index is 11.9. The van der Waals surface area contributed by atoms with E-state index in [0.29, 0.717) is 36.4 Å². The first-order valence-electron chi connectivity index (χ1n) is 7.42. The van der Waals surface area contributed by atoms with E-state index < -0.39 is 0 Å². The molecule has 1 aliphatic rings. The van der Waals surface area contributed by atoms with Gasteiger partial charge in [-0.15, -0.1) is 12.4 Å². The minimum Gasteiger partial charge on any atom is -0.399 e. The van der Waals surface area contributed by atoms with Gasteiger partial charge in [0.2, 0.25) is 0 Å². The number of nitrogens with two attached hydrogens (primary N) is 1. The quantitative estimate of drug-likeness (QED) is 0.649. The van der Waals surface area contributed by atoms with Crippen LogP contribution in [0.15, 0.2) is 24.3 Å². The molecule has 0 bridgehead atoms. The third kappa shape index (κ3) is 5.56. The van der Waals surface area contributed by atoms with Gasteiger partial charge in [-0.05, 0) is 43.0 Å². The Morgan fingerprint density at radius 3 is 2.62 bits per heavy atom. The van der Waals surface area contributed by atoms with Gasteiger partial charge in [0.05, 0.1) is 12.7 Å². The number of amides is 1. The number of halogens is 1. The number of hydrogen-bond acceptors (Lipinski definition) is 3. The Morgan fingerprint density at radius 1 is 1.29 bits per heavy atom. The highest BCUT2D eigenvalue weighted by Gasteiger charge is 2.21. The molecule has 1 aromatic rings. The molecule has 1 aliphatic carbocycles. The van der Waals surface area contributed by atoms with Crippen LogP contribution in [0.3, 0.4) is 0 Å². The number of nitrogen functional groups attached to an aromatic ring is 1. The van der Waals surface area contributed by atoms with Crippen LogP contribution in [0.5, 0.6) is 0 Å². The van der Waals surface area contributed by atoms with Crippen LogP contribution in [0.1, 0.15) is 43.0 Å². The number of hydrogen-bond donors (Lipinski definition) is 2. The predicted octanol–water partition coefficient (Wildman–Crippen LogP) is 3.02. The molecule has 2 atom stereocenters. The van der Waals surface area contributed by atoms with E-state index in [4.69, 9.17) is 10.5 Å². The Bertz CT molecular complexity index is 436. The zero-order chi connectivity index (χ0) is 14.4. The number of rotatable bonds is 5. The van der Waals surface area contributed by atoms with E-state index in [1.165, 1.54) is 19.3 Å². The second-order valence-electron chi connectivity index (χ2n) is 5.55. The van der Waals surface area contributed by atoms with Crippen LogP contribution >= 0.6 is 12.4 Å². The molecule has 4 nitrogen and oxygen atoms in total. The lowest BCUT2D eigenvalue weighted by Crippen LogP contribution is -2.31. The molecular formula is C16H25ClN2O2. The fraction of sp³-hybridized carbons (Fsp3) is 0.562. The molecule has 118 valence electrons. The monoisotopic (exact) mass is 312 g/mol. The largest absolute Gasteiger partial charge is 0.399 e. The second kappa shape index (κ2) is 8.90. The van der Waals surface area contributed by atoms with Crippen molar-refractivity contribution in [2.45, 2.75) is 38.7 Å². The van der Waals surface area contributed by atoms with Crippen LogP contribution in [0, 0.1) is 5.92 Å². The summed E-state index contributed by atoms with van der Waals surface area (Å²) in [5.41, 5.74) is 6.89. The van der Waals surface area contributed by atoms with Crippen LogP contribution in [0.2, 0.25) is 0 Å². The van der Waals surface area contributed by atoms with E-state index in [0.717, 1.165) is 6.42 Å². The van der Waals surface area contributed by atoms with Gasteiger partial charge in [0.1, 0.15) is 0 Å². The molecule has 1 fully saturated rings. The highest BCUT2D eigenvalue weighted by molar-refractivity contribution is 5.94. The standard InChI is InChI=1S/C16H24N2O2.ClH/c1-12-4-2-3-5-15(12)20-11-10-18-16(19)13-6-8-14(17)9-7-13;/h6-9,12,15H,2-5,10-11,17H2,1H3,(H,18,19);1H. The number of nitrogens with one attached hydrogen (secondary N) is 1. The number of benzene rings is 1. The van der Waals surface area contributed by atoms with Gasteiger partial charge in [-0.2, -0.15) is 0 Å². The Kier molecular flexibility index (Phi) is 7.54. The van der Waals surface area contributed by atoms with Crippen molar-refractivity contribution in [3.05, 3.63) is 29.8 Å². The first-order valence-corrected chi connectivity index (χ1v) is 7.42. The molecule has 0 aromatic heterocycles. The molecule has 1 saturated carbocycles. The number of carbonyl (C=O) groups excluding carboxylic acids is 1. The Balaban J connectivity index is 0.00000220. The summed E-state index contributed by atoms with van der Waals surface area (Å²) in [4.78, 5) is 11.9. The van der Waals surface area contributed by atoms with Gasteiger partial charge in [0.15, 0.2) is 0 Å². The van der Waals surface area contributed by atoms with E-state index in [2.05, 4.69) is 12.2 Å². The minimum atomic E-state index is -0.0784. The van der Waals surface area contributed by atoms with Crippen LogP contribution in [0.4, 0.5) is 5.69 Å². The average Bonchev–Trinajstić information content (AvgIpc) is 2.46. The Morgan fingerprint density at radius 2 is 1.95 bits per heavy atom. The number of carbonyl (C=O) groups is 1. The van der Waals surface area contributed by atoms with E-state index in [1.54, 1.807) is 24.3 Å². The van der Waals surface area contributed by atoms with Crippen molar-refractivity contribution in [1.82, 2.24) is 5.32 Å². The van der Waals surface area contributed by atoms with Crippen molar-refractivity contribution in [2.75, 3.05) is 18.9 Å². The van der Waals surface area contributed by atoms with Crippen molar-refractivity contribution in [3.8, 4) is 0 Å². The topological polar surface area (TPSA) is 64.3 Å². The first-order chi connectivity index (χ1) is 9.66. The maximum Gasteiger partial charge on any atom is 0.251 e. The first kappa shape index (κ1) is 17.8. The fourth-order valence-electron chi connectivity index (χ4n) is 2.64. The SMILES string of the molecule is CC1CCCCC1OCCNC(=O)c1ccc(N)cc1.Cl. The van der Waals surface area contributed by atoms with Crippen LogP contribution < -0.4 is 11.1 Å². The fourth-order valence-corrected chi connectivity index (χ4v) is 2.64. The summed E-state index contributed by atoms with van der Waals surface area (Å²) in [5, 5.41) is 2.87. The molecule has 0 aliphatic heterocycles. The third-order valence-corrected chi connectivity index (χ3v) is 3.93. The molecule has 0 radical (unpaired) electrons. The second-order valence-corrected chi connectivity index (χ2v) is 5.55. The maximum atomic E-state index is 11.9. The van der Waals surface area contributed by atoms with Gasteiger partial charge in [-0.3, -0.25) is 4.79 Å². The molecule has 2 rings (SSSR count). The summed E-state index contributed by atoms with van der Waals surface area (Å²) >= 11 is 0. The molecule has 0 spiro atoms. The minimum absolute atomic E-state index is 0. The molecule has 5 heteroatoms. The molecule has 0 heterocycles. The van der Waals surface area contributed by atoms with E-state index in [1.807, 2.05) is 0 Å². The number of ether oxygens (including phenoxy) is 1. The van der Waals surface area contributed by atoms with Gasteiger partial charge in [0, 0.05) is 17.8 Å². The van der Waals surface area contributed by atoms with E-state index >= 15 is 0 Å². The molecule has 2 unspecified atom stereocenters. The van der Waals surface area contributed by atoms with Crippen molar-refractivity contribution in [2.24, 2.45) is 5.92 Å². The normalized spacial score (nSPS) is 21.4. The predicted molar refractivity (Wildman–Crippen MR) is 87.8 cm³/mol. The Hall–Kier alpha value is -1.26. The molecule has 1 amide bonds. The molecule has 0 saturated heterocycles. The zero-order valence-electron chi connectivity index (χ0n) is 12.5. The van der Waals surface area contributed by atoms with Crippen molar-refractivity contribution < 1.29 is 9.53 Å². The summed E-state index contributed by atoms with van der Waals surface area (Å²) in [5.74, 6) is 0.557. The van der Waals surface area contributed by atoms with Crippen molar-refractivity contribution in [1.29, 1.82) is 0 Å². The zero-order valence-corrected chi connectivity index (χ0v) is 13.3.